The lowest BCUT2D eigenvalue weighted by molar-refractivity contribution is 0.131. The Kier molecular flexibility index (Phi) is 5.61. The number of ether oxygens (including phenoxy) is 1. The zero-order valence-electron chi connectivity index (χ0n) is 11.7. The van der Waals surface area contributed by atoms with Crippen LogP contribution in [0.15, 0.2) is 18.2 Å². The van der Waals surface area contributed by atoms with Crippen LogP contribution in [0.5, 0.6) is 0 Å². The van der Waals surface area contributed by atoms with E-state index in [1.807, 2.05) is 0 Å². The zero-order chi connectivity index (χ0) is 13.5. The molecule has 1 aromatic carbocycles. The van der Waals surface area contributed by atoms with Crippen molar-refractivity contribution in [3.63, 3.8) is 0 Å². The number of hydrogen-bond donors (Lipinski definition) is 1. The molecular formula is C15H22N2OS. The highest BCUT2D eigenvalue weighted by molar-refractivity contribution is 7.22. The maximum absolute atomic E-state index is 5.53. The third kappa shape index (κ3) is 4.48. The molecule has 0 aliphatic rings. The minimum atomic E-state index is 0.830. The fourth-order valence-electron chi connectivity index (χ4n) is 1.83. The van der Waals surface area contributed by atoms with Crippen molar-refractivity contribution in [2.75, 3.05) is 25.1 Å². The maximum atomic E-state index is 5.53. The van der Waals surface area contributed by atoms with Crippen molar-refractivity contribution in [2.24, 2.45) is 0 Å². The number of aromatic nitrogens is 1. The van der Waals surface area contributed by atoms with Crippen LogP contribution >= 0.6 is 11.3 Å². The second-order valence-corrected chi connectivity index (χ2v) is 5.77. The van der Waals surface area contributed by atoms with Crippen molar-refractivity contribution in [3.05, 3.63) is 23.8 Å². The average Bonchev–Trinajstić information content (AvgIpc) is 2.79. The first-order valence-corrected chi connectivity index (χ1v) is 7.80. The minimum Gasteiger partial charge on any atom is -0.381 e. The summed E-state index contributed by atoms with van der Waals surface area (Å²) in [4.78, 5) is 4.59. The molecular weight excluding hydrogens is 256 g/mol. The Labute approximate surface area is 119 Å². The summed E-state index contributed by atoms with van der Waals surface area (Å²) < 4.78 is 6.77. The summed E-state index contributed by atoms with van der Waals surface area (Å²) in [5.41, 5.74) is 2.35. The molecule has 0 saturated carbocycles. The van der Waals surface area contributed by atoms with Crippen molar-refractivity contribution in [3.8, 4) is 0 Å². The Morgan fingerprint density at radius 3 is 2.95 bits per heavy atom. The summed E-state index contributed by atoms with van der Waals surface area (Å²) in [5, 5.41) is 4.38. The van der Waals surface area contributed by atoms with E-state index in [-0.39, 0.29) is 0 Å². The molecule has 2 aromatic rings. The monoisotopic (exact) mass is 278 g/mol. The van der Waals surface area contributed by atoms with Gasteiger partial charge in [-0.15, -0.1) is 0 Å². The van der Waals surface area contributed by atoms with Crippen LogP contribution in [-0.2, 0) is 4.74 Å². The fraction of sp³-hybridized carbons (Fsp3) is 0.533. The van der Waals surface area contributed by atoms with Gasteiger partial charge in [0.1, 0.15) is 0 Å². The van der Waals surface area contributed by atoms with Gasteiger partial charge < -0.3 is 10.1 Å². The van der Waals surface area contributed by atoms with E-state index in [2.05, 4.69) is 42.3 Å². The minimum absolute atomic E-state index is 0.830. The molecule has 0 aliphatic heterocycles. The summed E-state index contributed by atoms with van der Waals surface area (Å²) in [5.74, 6) is 0. The number of rotatable bonds is 8. The van der Waals surface area contributed by atoms with Crippen molar-refractivity contribution >= 4 is 26.7 Å². The van der Waals surface area contributed by atoms with Crippen LogP contribution in [0.4, 0.5) is 5.13 Å². The Morgan fingerprint density at radius 1 is 1.26 bits per heavy atom. The van der Waals surface area contributed by atoms with E-state index in [1.54, 1.807) is 11.3 Å². The Balaban J connectivity index is 1.72. The van der Waals surface area contributed by atoms with Crippen molar-refractivity contribution in [2.45, 2.75) is 33.1 Å². The summed E-state index contributed by atoms with van der Waals surface area (Å²) >= 11 is 1.71. The molecule has 0 aliphatic carbocycles. The van der Waals surface area contributed by atoms with Crippen molar-refractivity contribution < 1.29 is 4.74 Å². The summed E-state index contributed by atoms with van der Waals surface area (Å²) in [6.45, 7) is 6.91. The van der Waals surface area contributed by atoms with Gasteiger partial charge in [-0.1, -0.05) is 30.7 Å². The van der Waals surface area contributed by atoms with Gasteiger partial charge in [-0.3, -0.25) is 0 Å². The molecule has 104 valence electrons. The molecule has 0 fully saturated rings. The number of nitrogens with zero attached hydrogens (tertiary/aromatic N) is 1. The number of aryl methyl sites for hydroxylation is 1. The highest BCUT2D eigenvalue weighted by atomic mass is 32.1. The van der Waals surface area contributed by atoms with Crippen LogP contribution in [0.1, 0.15) is 31.7 Å². The average molecular weight is 278 g/mol. The van der Waals surface area contributed by atoms with Gasteiger partial charge in [-0.05, 0) is 37.5 Å². The summed E-state index contributed by atoms with van der Waals surface area (Å²) in [6, 6.07) is 6.40. The van der Waals surface area contributed by atoms with E-state index in [1.165, 1.54) is 16.7 Å². The SMILES string of the molecule is CCCCOCCCNc1nc2cc(C)ccc2s1. The number of benzene rings is 1. The maximum Gasteiger partial charge on any atom is 0.183 e. The summed E-state index contributed by atoms with van der Waals surface area (Å²) in [6.07, 6.45) is 3.38. The molecule has 3 nitrogen and oxygen atoms in total. The van der Waals surface area contributed by atoms with Crippen LogP contribution in [-0.4, -0.2) is 24.7 Å². The van der Waals surface area contributed by atoms with Gasteiger partial charge in [0.25, 0.3) is 0 Å². The topological polar surface area (TPSA) is 34.1 Å². The molecule has 0 amide bonds. The second kappa shape index (κ2) is 7.46. The van der Waals surface area contributed by atoms with E-state index < -0.39 is 0 Å². The van der Waals surface area contributed by atoms with Gasteiger partial charge in [0.15, 0.2) is 5.13 Å². The van der Waals surface area contributed by atoms with Gasteiger partial charge in [0.05, 0.1) is 10.2 Å². The lowest BCUT2D eigenvalue weighted by Crippen LogP contribution is -2.05. The molecule has 1 N–H and O–H groups in total. The lowest BCUT2D eigenvalue weighted by Gasteiger charge is -2.03. The molecule has 1 aromatic heterocycles. The van der Waals surface area contributed by atoms with Crippen molar-refractivity contribution in [1.29, 1.82) is 0 Å². The number of anilines is 1. The van der Waals surface area contributed by atoms with Crippen LogP contribution in [0.25, 0.3) is 10.2 Å². The summed E-state index contributed by atoms with van der Waals surface area (Å²) in [7, 11) is 0. The van der Waals surface area contributed by atoms with Crippen LogP contribution in [0.3, 0.4) is 0 Å². The first-order chi connectivity index (χ1) is 9.29. The van der Waals surface area contributed by atoms with Gasteiger partial charge in [0, 0.05) is 19.8 Å². The van der Waals surface area contributed by atoms with Gasteiger partial charge in [-0.25, -0.2) is 4.98 Å². The zero-order valence-corrected chi connectivity index (χ0v) is 12.6. The Bertz CT molecular complexity index is 510. The molecule has 1 heterocycles. The fourth-order valence-corrected chi connectivity index (χ4v) is 2.70. The highest BCUT2D eigenvalue weighted by Gasteiger charge is 2.02. The normalized spacial score (nSPS) is 11.1. The molecule has 0 bridgehead atoms. The predicted molar refractivity (Wildman–Crippen MR) is 83.2 cm³/mol. The third-order valence-corrected chi connectivity index (χ3v) is 3.92. The van der Waals surface area contributed by atoms with Gasteiger partial charge >= 0.3 is 0 Å². The number of thiazole rings is 1. The van der Waals surface area contributed by atoms with E-state index in [4.69, 9.17) is 4.74 Å². The molecule has 4 heteroatoms. The van der Waals surface area contributed by atoms with Crippen LogP contribution in [0, 0.1) is 6.92 Å². The first kappa shape index (κ1) is 14.3. The van der Waals surface area contributed by atoms with E-state index in [9.17, 15) is 0 Å². The molecule has 0 radical (unpaired) electrons. The molecule has 0 saturated heterocycles. The largest absolute Gasteiger partial charge is 0.381 e. The number of fused-ring (bicyclic) bond motifs is 1. The molecule has 0 atom stereocenters. The number of hydrogen-bond acceptors (Lipinski definition) is 4. The Morgan fingerprint density at radius 2 is 2.11 bits per heavy atom. The third-order valence-electron chi connectivity index (χ3n) is 2.93. The molecule has 19 heavy (non-hydrogen) atoms. The first-order valence-electron chi connectivity index (χ1n) is 6.98. The van der Waals surface area contributed by atoms with E-state index in [0.717, 1.165) is 43.2 Å². The molecule has 0 spiro atoms. The Hall–Kier alpha value is -1.13. The molecule has 0 unspecified atom stereocenters. The van der Waals surface area contributed by atoms with E-state index in [0.29, 0.717) is 0 Å². The number of unbranched alkanes of at least 4 members (excludes halogenated alkanes) is 1. The van der Waals surface area contributed by atoms with Crippen LogP contribution < -0.4 is 5.32 Å². The van der Waals surface area contributed by atoms with E-state index >= 15 is 0 Å². The number of nitrogens with one attached hydrogen (secondary N) is 1. The second-order valence-electron chi connectivity index (χ2n) is 4.74. The predicted octanol–water partition coefficient (Wildman–Crippen LogP) is 4.22. The van der Waals surface area contributed by atoms with Crippen molar-refractivity contribution in [1.82, 2.24) is 4.98 Å². The standard InChI is InChI=1S/C15H22N2OS/c1-3-4-9-18-10-5-8-16-15-17-13-11-12(2)6-7-14(13)19-15/h6-7,11H,3-5,8-10H2,1-2H3,(H,16,17). The lowest BCUT2D eigenvalue weighted by atomic mass is 10.2. The van der Waals surface area contributed by atoms with Gasteiger partial charge in [-0.2, -0.15) is 0 Å². The quantitative estimate of drug-likeness (QED) is 0.734. The highest BCUT2D eigenvalue weighted by Crippen LogP contribution is 2.26. The smallest absolute Gasteiger partial charge is 0.183 e. The van der Waals surface area contributed by atoms with Crippen LogP contribution in [0.2, 0.25) is 0 Å². The van der Waals surface area contributed by atoms with Gasteiger partial charge in [0.2, 0.25) is 0 Å². The molecule has 2 rings (SSSR count).